The number of hydrogen-bond donors (Lipinski definition) is 3. The molecule has 2 fully saturated rings. The van der Waals surface area contributed by atoms with Crippen molar-refractivity contribution in [1.82, 2.24) is 25.9 Å². The minimum absolute atomic E-state index is 0.100. The van der Waals surface area contributed by atoms with Gasteiger partial charge < -0.3 is 25.4 Å². The van der Waals surface area contributed by atoms with Crippen molar-refractivity contribution in [3.05, 3.63) is 81.8 Å². The summed E-state index contributed by atoms with van der Waals surface area (Å²) in [6.07, 6.45) is 3.89. The van der Waals surface area contributed by atoms with Gasteiger partial charge in [-0.05, 0) is 43.2 Å². The average Bonchev–Trinajstić information content (AvgIpc) is 3.72. The largest absolute Gasteiger partial charge is 0.481 e. The number of halogens is 2. The normalized spacial score (nSPS) is 17.3. The van der Waals surface area contributed by atoms with E-state index < -0.39 is 0 Å². The van der Waals surface area contributed by atoms with Gasteiger partial charge >= 0.3 is 0 Å². The van der Waals surface area contributed by atoms with E-state index in [-0.39, 0.29) is 17.7 Å². The summed E-state index contributed by atoms with van der Waals surface area (Å²) in [7, 11) is 3.23. The van der Waals surface area contributed by atoms with Gasteiger partial charge in [0.25, 0.3) is 0 Å². The van der Waals surface area contributed by atoms with Gasteiger partial charge in [0.2, 0.25) is 23.6 Å². The first-order valence-electron chi connectivity index (χ1n) is 16.2. The number of aromatic nitrogens is 2. The molecule has 48 heavy (non-hydrogen) atoms. The van der Waals surface area contributed by atoms with Crippen LogP contribution in [0, 0.1) is 11.8 Å². The van der Waals surface area contributed by atoms with Gasteiger partial charge in [0, 0.05) is 72.4 Å². The third-order valence-corrected chi connectivity index (χ3v) is 9.85. The van der Waals surface area contributed by atoms with E-state index >= 15 is 0 Å². The summed E-state index contributed by atoms with van der Waals surface area (Å²) in [5, 5.41) is 10.2. The maximum atomic E-state index is 11.5. The molecule has 0 bridgehead atoms. The zero-order valence-electron chi connectivity index (χ0n) is 27.1. The fraction of sp³-hybridized carbons (Fsp3) is 0.351. The van der Waals surface area contributed by atoms with E-state index in [4.69, 9.17) is 42.6 Å². The molecule has 3 N–H and O–H groups in total. The lowest BCUT2D eigenvalue weighted by Crippen LogP contribution is -2.24. The highest BCUT2D eigenvalue weighted by atomic mass is 35.5. The van der Waals surface area contributed by atoms with Gasteiger partial charge in [-0.15, -0.1) is 0 Å². The minimum atomic E-state index is 0.100. The fourth-order valence-electron chi connectivity index (χ4n) is 6.46. The highest BCUT2D eigenvalue weighted by molar-refractivity contribution is 6.39. The van der Waals surface area contributed by atoms with Crippen molar-refractivity contribution in [3.63, 3.8) is 0 Å². The maximum Gasteiger partial charge on any atom is 0.220 e. The topological polar surface area (TPSA) is 114 Å². The molecule has 0 aliphatic carbocycles. The van der Waals surface area contributed by atoms with E-state index in [2.05, 4.69) is 16.0 Å². The zero-order chi connectivity index (χ0) is 33.6. The van der Waals surface area contributed by atoms with E-state index in [0.29, 0.717) is 65.0 Å². The lowest BCUT2D eigenvalue weighted by molar-refractivity contribution is -0.120. The van der Waals surface area contributed by atoms with Gasteiger partial charge in [-0.3, -0.25) is 9.59 Å². The van der Waals surface area contributed by atoms with Crippen LogP contribution in [0.5, 0.6) is 11.8 Å². The third-order valence-electron chi connectivity index (χ3n) is 9.04. The number of pyridine rings is 2. The molecule has 4 aromatic rings. The molecule has 2 aliphatic heterocycles. The molecule has 9 nitrogen and oxygen atoms in total. The first-order chi connectivity index (χ1) is 23.3. The predicted molar refractivity (Wildman–Crippen MR) is 188 cm³/mol. The lowest BCUT2D eigenvalue weighted by atomic mass is 9.97. The van der Waals surface area contributed by atoms with Gasteiger partial charge in [-0.2, -0.15) is 0 Å². The van der Waals surface area contributed by atoms with Gasteiger partial charge in [-0.1, -0.05) is 71.7 Å². The van der Waals surface area contributed by atoms with E-state index in [9.17, 15) is 9.59 Å². The highest BCUT2D eigenvalue weighted by Crippen LogP contribution is 2.42. The zero-order valence-corrected chi connectivity index (χ0v) is 28.6. The Hall–Kier alpha value is -4.18. The van der Waals surface area contributed by atoms with Gasteiger partial charge in [0.1, 0.15) is 0 Å². The Balaban J connectivity index is 1.20. The molecular formula is C37H39Cl2N5O4. The minimum Gasteiger partial charge on any atom is -0.481 e. The Morgan fingerprint density at radius 1 is 0.729 bits per heavy atom. The average molecular weight is 689 g/mol. The predicted octanol–water partition coefficient (Wildman–Crippen LogP) is 6.49. The number of nitrogens with one attached hydrogen (secondary N) is 3. The quantitative estimate of drug-likeness (QED) is 0.147. The smallest absolute Gasteiger partial charge is 0.220 e. The Kier molecular flexibility index (Phi) is 10.8. The molecule has 2 saturated heterocycles. The number of aryl methyl sites for hydroxylation is 1. The van der Waals surface area contributed by atoms with Crippen LogP contribution in [0.3, 0.4) is 0 Å². The number of ether oxygens (including phenoxy) is 2. The van der Waals surface area contributed by atoms with Crippen LogP contribution in [0.25, 0.3) is 33.6 Å². The molecule has 4 heterocycles. The molecule has 2 aromatic heterocycles. The second-order valence-electron chi connectivity index (χ2n) is 12.3. The van der Waals surface area contributed by atoms with Crippen LogP contribution in [-0.4, -0.2) is 55.6 Å². The number of methoxy groups -OCH3 is 2. The maximum absolute atomic E-state index is 11.5. The monoisotopic (exact) mass is 687 g/mol. The van der Waals surface area contributed by atoms with Crippen molar-refractivity contribution in [2.24, 2.45) is 11.8 Å². The van der Waals surface area contributed by atoms with Gasteiger partial charge in [0.15, 0.2) is 0 Å². The molecule has 2 amide bonds. The number of hydrogen-bond acceptors (Lipinski definition) is 7. The number of nitrogens with zero attached hydrogens (tertiary/aromatic N) is 2. The number of amides is 2. The van der Waals surface area contributed by atoms with Crippen LogP contribution >= 0.6 is 23.2 Å². The molecule has 0 unspecified atom stereocenters. The Morgan fingerprint density at radius 3 is 1.79 bits per heavy atom. The molecule has 6 rings (SSSR count). The SMILES string of the molecule is COc1nc(-c2cccc(-c3cccc(-c4ccc(CNC[C@@H]5CNC(=O)C5)c(OC)n4)c3Cl)c2Cl)ccc1CCC[C@@H]1CNC(=O)C1. The summed E-state index contributed by atoms with van der Waals surface area (Å²) in [6.45, 7) is 2.75. The van der Waals surface area contributed by atoms with E-state index in [1.807, 2.05) is 60.7 Å². The van der Waals surface area contributed by atoms with Crippen LogP contribution in [0.15, 0.2) is 60.7 Å². The lowest BCUT2D eigenvalue weighted by Gasteiger charge is -2.16. The molecule has 2 aromatic carbocycles. The van der Waals surface area contributed by atoms with Crippen LogP contribution in [0.2, 0.25) is 10.0 Å². The van der Waals surface area contributed by atoms with E-state index in [1.54, 1.807) is 14.2 Å². The van der Waals surface area contributed by atoms with Crippen LogP contribution in [0.4, 0.5) is 0 Å². The van der Waals surface area contributed by atoms with Crippen molar-refractivity contribution < 1.29 is 19.1 Å². The summed E-state index contributed by atoms with van der Waals surface area (Å²) >= 11 is 14.2. The molecule has 250 valence electrons. The van der Waals surface area contributed by atoms with Crippen LogP contribution < -0.4 is 25.4 Å². The molecule has 0 saturated carbocycles. The third kappa shape index (κ3) is 7.59. The van der Waals surface area contributed by atoms with Crippen molar-refractivity contribution >= 4 is 35.0 Å². The molecule has 0 spiro atoms. The van der Waals surface area contributed by atoms with Crippen molar-refractivity contribution in [1.29, 1.82) is 0 Å². The van der Waals surface area contributed by atoms with Crippen molar-refractivity contribution in [3.8, 4) is 45.4 Å². The second-order valence-corrected chi connectivity index (χ2v) is 13.1. The van der Waals surface area contributed by atoms with E-state index in [0.717, 1.165) is 65.7 Å². The standard InChI is InChI=1S/C37H39Cl2N5O4/c1-47-36-24(7-3-6-22-16-32(45)41-19-22)12-14-30(43-36)28-10-4-8-26(34(28)38)27-9-5-11-29(35(27)39)31-15-13-25(37(44-31)48-2)21-40-18-23-17-33(46)42-20-23/h4-5,8-15,22-23,40H,3,6-7,16-21H2,1-2H3,(H,41,45)(H,42,46)/t22-,23+/m0/s1. The molecule has 11 heteroatoms. The highest BCUT2D eigenvalue weighted by Gasteiger charge is 2.23. The first kappa shape index (κ1) is 33.7. The summed E-state index contributed by atoms with van der Waals surface area (Å²) in [4.78, 5) is 32.7. The molecule has 2 aliphatic rings. The van der Waals surface area contributed by atoms with Gasteiger partial charge in [-0.25, -0.2) is 9.97 Å². The van der Waals surface area contributed by atoms with E-state index in [1.165, 1.54) is 0 Å². The van der Waals surface area contributed by atoms with Crippen LogP contribution in [-0.2, 0) is 22.6 Å². The number of rotatable bonds is 13. The second kappa shape index (κ2) is 15.4. The molecule has 0 radical (unpaired) electrons. The Morgan fingerprint density at radius 2 is 1.25 bits per heavy atom. The summed E-state index contributed by atoms with van der Waals surface area (Å²) in [6, 6.07) is 19.6. The summed E-state index contributed by atoms with van der Waals surface area (Å²) in [5.74, 6) is 1.99. The van der Waals surface area contributed by atoms with Crippen LogP contribution in [0.1, 0.15) is 36.8 Å². The van der Waals surface area contributed by atoms with Gasteiger partial charge in [0.05, 0.1) is 35.7 Å². The van der Waals surface area contributed by atoms with Crippen molar-refractivity contribution in [2.75, 3.05) is 33.9 Å². The number of benzene rings is 2. The summed E-state index contributed by atoms with van der Waals surface area (Å²) < 4.78 is 11.3. The Bertz CT molecular complexity index is 1690. The fourth-order valence-corrected chi connectivity index (χ4v) is 7.11. The Labute approximate surface area is 290 Å². The number of carbonyl (C=O) groups is 2. The summed E-state index contributed by atoms with van der Waals surface area (Å²) in [5.41, 5.74) is 6.39. The first-order valence-corrected chi connectivity index (χ1v) is 17.0. The van der Waals surface area contributed by atoms with Crippen molar-refractivity contribution in [2.45, 2.75) is 38.6 Å². The number of carbonyl (C=O) groups excluding carboxylic acids is 2. The molecular weight excluding hydrogens is 649 g/mol. The molecule has 2 atom stereocenters.